The van der Waals surface area contributed by atoms with Crippen LogP contribution < -0.4 is 10.6 Å². The maximum atomic E-state index is 14.1. The highest BCUT2D eigenvalue weighted by Crippen LogP contribution is 2.30. The summed E-state index contributed by atoms with van der Waals surface area (Å²) in [5.41, 5.74) is 1.63. The van der Waals surface area contributed by atoms with Crippen LogP contribution >= 0.6 is 11.6 Å². The van der Waals surface area contributed by atoms with Crippen molar-refractivity contribution < 1.29 is 4.39 Å². The van der Waals surface area contributed by atoms with Gasteiger partial charge < -0.3 is 10.6 Å². The van der Waals surface area contributed by atoms with Gasteiger partial charge in [-0.3, -0.25) is 0 Å². The molecule has 0 aliphatic carbocycles. The van der Waals surface area contributed by atoms with Crippen LogP contribution in [0.5, 0.6) is 0 Å². The first-order chi connectivity index (χ1) is 12.3. The normalized spacial score (nSPS) is 11.3. The van der Waals surface area contributed by atoms with E-state index in [4.69, 9.17) is 11.6 Å². The van der Waals surface area contributed by atoms with Crippen LogP contribution in [-0.4, -0.2) is 15.5 Å². The molecule has 0 saturated heterocycles. The Morgan fingerprint density at radius 3 is 2.35 bits per heavy atom. The molecule has 1 heterocycles. The minimum atomic E-state index is -0.442. The minimum Gasteiger partial charge on any atom is -0.350 e. The summed E-state index contributed by atoms with van der Waals surface area (Å²) in [7, 11) is 0. The number of nitrogens with zero attached hydrogens (tertiary/aromatic N) is 2. The summed E-state index contributed by atoms with van der Waals surface area (Å²) in [6.07, 6.45) is 0. The first kappa shape index (κ1) is 18.1. The standard InChI is InChI=1S/C20H20ClFN4/c1-20(2,3)26-19-23-16(13-8-5-4-6-9-13)12-17(25-19)24-18-14(21)10-7-11-15(18)22/h4-12H,1-3H3,(H2,23,24,25,26). The lowest BCUT2D eigenvalue weighted by molar-refractivity contribution is 0.625. The highest BCUT2D eigenvalue weighted by atomic mass is 35.5. The van der Waals surface area contributed by atoms with Crippen LogP contribution in [0, 0.1) is 5.82 Å². The zero-order chi connectivity index (χ0) is 18.7. The van der Waals surface area contributed by atoms with Crippen molar-refractivity contribution in [3.8, 4) is 11.3 Å². The molecule has 6 heteroatoms. The molecule has 4 nitrogen and oxygen atoms in total. The van der Waals surface area contributed by atoms with Crippen molar-refractivity contribution in [2.45, 2.75) is 26.3 Å². The van der Waals surface area contributed by atoms with Gasteiger partial charge in [0, 0.05) is 17.2 Å². The fourth-order valence-corrected chi connectivity index (χ4v) is 2.61. The number of benzene rings is 2. The molecule has 0 saturated carbocycles. The summed E-state index contributed by atoms with van der Waals surface area (Å²) in [5.74, 6) is 0.467. The zero-order valence-electron chi connectivity index (χ0n) is 14.8. The molecule has 26 heavy (non-hydrogen) atoms. The number of hydrogen-bond acceptors (Lipinski definition) is 4. The number of para-hydroxylation sites is 1. The Morgan fingerprint density at radius 1 is 0.962 bits per heavy atom. The smallest absolute Gasteiger partial charge is 0.225 e. The quantitative estimate of drug-likeness (QED) is 0.601. The maximum absolute atomic E-state index is 14.1. The van der Waals surface area contributed by atoms with Crippen LogP contribution in [0.1, 0.15) is 20.8 Å². The molecule has 1 aromatic heterocycles. The molecular weight excluding hydrogens is 351 g/mol. The maximum Gasteiger partial charge on any atom is 0.225 e. The van der Waals surface area contributed by atoms with Gasteiger partial charge in [-0.25, -0.2) is 9.37 Å². The Hall–Kier alpha value is -2.66. The molecule has 0 spiro atoms. The fraction of sp³-hybridized carbons (Fsp3) is 0.200. The lowest BCUT2D eigenvalue weighted by Gasteiger charge is -2.21. The van der Waals surface area contributed by atoms with Crippen LogP contribution in [0.15, 0.2) is 54.6 Å². The van der Waals surface area contributed by atoms with Gasteiger partial charge in [0.05, 0.1) is 16.4 Å². The van der Waals surface area contributed by atoms with Crippen LogP contribution in [0.3, 0.4) is 0 Å². The number of rotatable bonds is 4. The predicted octanol–water partition coefficient (Wildman–Crippen LogP) is 5.89. The topological polar surface area (TPSA) is 49.8 Å². The third kappa shape index (κ3) is 4.49. The van der Waals surface area contributed by atoms with Gasteiger partial charge in [0.2, 0.25) is 5.95 Å². The second-order valence-corrected chi connectivity index (χ2v) is 7.33. The van der Waals surface area contributed by atoms with Gasteiger partial charge in [-0.1, -0.05) is 48.0 Å². The van der Waals surface area contributed by atoms with Gasteiger partial charge in [-0.05, 0) is 32.9 Å². The van der Waals surface area contributed by atoms with Crippen LogP contribution in [0.4, 0.5) is 21.8 Å². The zero-order valence-corrected chi connectivity index (χ0v) is 15.6. The first-order valence-corrected chi connectivity index (χ1v) is 8.63. The van der Waals surface area contributed by atoms with Crippen molar-refractivity contribution >= 4 is 29.1 Å². The Kier molecular flexibility index (Phi) is 5.09. The average molecular weight is 371 g/mol. The molecule has 2 N–H and O–H groups in total. The predicted molar refractivity (Wildman–Crippen MR) is 106 cm³/mol. The van der Waals surface area contributed by atoms with Gasteiger partial charge in [-0.2, -0.15) is 4.98 Å². The van der Waals surface area contributed by atoms with E-state index in [0.717, 1.165) is 11.3 Å². The van der Waals surface area contributed by atoms with Crippen LogP contribution in [0.2, 0.25) is 5.02 Å². The molecule has 0 aliphatic rings. The Balaban J connectivity index is 2.05. The molecule has 0 radical (unpaired) electrons. The SMILES string of the molecule is CC(C)(C)Nc1nc(Nc2c(F)cccc2Cl)cc(-c2ccccc2)n1. The van der Waals surface area contributed by atoms with Crippen molar-refractivity contribution in [1.82, 2.24) is 9.97 Å². The highest BCUT2D eigenvalue weighted by Gasteiger charge is 2.15. The number of nitrogens with one attached hydrogen (secondary N) is 2. The summed E-state index contributed by atoms with van der Waals surface area (Å²) in [4.78, 5) is 9.05. The van der Waals surface area contributed by atoms with E-state index in [2.05, 4.69) is 20.6 Å². The largest absolute Gasteiger partial charge is 0.350 e. The summed E-state index contributed by atoms with van der Waals surface area (Å²) >= 11 is 6.12. The van der Waals surface area contributed by atoms with Crippen molar-refractivity contribution in [2.24, 2.45) is 0 Å². The summed E-state index contributed by atoms with van der Waals surface area (Å²) in [5, 5.41) is 6.52. The summed E-state index contributed by atoms with van der Waals surface area (Å²) < 4.78 is 14.1. The number of aromatic nitrogens is 2. The van der Waals surface area contributed by atoms with Crippen molar-refractivity contribution in [3.05, 3.63) is 65.4 Å². The van der Waals surface area contributed by atoms with Gasteiger partial charge in [0.1, 0.15) is 11.6 Å². The summed E-state index contributed by atoms with van der Waals surface area (Å²) in [6.45, 7) is 6.06. The molecule has 2 aromatic carbocycles. The Morgan fingerprint density at radius 2 is 1.69 bits per heavy atom. The van der Waals surface area contributed by atoms with Gasteiger partial charge >= 0.3 is 0 Å². The molecular formula is C20H20ClFN4. The van der Waals surface area contributed by atoms with Crippen LogP contribution in [-0.2, 0) is 0 Å². The molecule has 0 amide bonds. The highest BCUT2D eigenvalue weighted by molar-refractivity contribution is 6.33. The molecule has 0 unspecified atom stereocenters. The number of anilines is 3. The third-order valence-electron chi connectivity index (χ3n) is 3.50. The fourth-order valence-electron chi connectivity index (χ4n) is 2.40. The van der Waals surface area contributed by atoms with E-state index >= 15 is 0 Å². The van der Waals surface area contributed by atoms with Gasteiger partial charge in [0.25, 0.3) is 0 Å². The van der Waals surface area contributed by atoms with Gasteiger partial charge in [-0.15, -0.1) is 0 Å². The molecule has 0 atom stereocenters. The van der Waals surface area contributed by atoms with Crippen molar-refractivity contribution in [2.75, 3.05) is 10.6 Å². The van der Waals surface area contributed by atoms with Crippen molar-refractivity contribution in [1.29, 1.82) is 0 Å². The van der Waals surface area contributed by atoms with E-state index < -0.39 is 5.82 Å². The van der Waals surface area contributed by atoms with E-state index in [-0.39, 0.29) is 16.2 Å². The second-order valence-electron chi connectivity index (χ2n) is 6.92. The van der Waals surface area contributed by atoms with Gasteiger partial charge in [0.15, 0.2) is 0 Å². The lowest BCUT2D eigenvalue weighted by atomic mass is 10.1. The molecule has 0 bridgehead atoms. The van der Waals surface area contributed by atoms with E-state index in [9.17, 15) is 4.39 Å². The summed E-state index contributed by atoms with van der Waals surface area (Å²) in [6, 6.07) is 16.0. The van der Waals surface area contributed by atoms with Crippen molar-refractivity contribution in [3.63, 3.8) is 0 Å². The number of hydrogen-bond donors (Lipinski definition) is 2. The van der Waals surface area contributed by atoms with E-state index in [1.54, 1.807) is 18.2 Å². The third-order valence-corrected chi connectivity index (χ3v) is 3.81. The van der Waals surface area contributed by atoms with E-state index in [0.29, 0.717) is 11.8 Å². The van der Waals surface area contributed by atoms with Crippen LogP contribution in [0.25, 0.3) is 11.3 Å². The Labute approximate surface area is 157 Å². The monoisotopic (exact) mass is 370 g/mol. The molecule has 3 aromatic rings. The molecule has 0 fully saturated rings. The first-order valence-electron chi connectivity index (χ1n) is 8.25. The second kappa shape index (κ2) is 7.30. The molecule has 3 rings (SSSR count). The average Bonchev–Trinajstić information content (AvgIpc) is 2.57. The Bertz CT molecular complexity index is 887. The number of halogens is 2. The van der Waals surface area contributed by atoms with E-state index in [1.807, 2.05) is 51.1 Å². The molecule has 134 valence electrons. The minimum absolute atomic E-state index is 0.189. The lowest BCUT2D eigenvalue weighted by Crippen LogP contribution is -2.27. The molecule has 0 aliphatic heterocycles. The van der Waals surface area contributed by atoms with E-state index in [1.165, 1.54) is 6.07 Å².